The number of halogens is 16. The Morgan fingerprint density at radius 2 is 0.965 bits per heavy atom. The summed E-state index contributed by atoms with van der Waals surface area (Å²) < 4.78 is 217. The standard InChI is InChI=1S/C35H32F6N4O2.C16H21F3N2O2.C14H17F3N2O2.C12H15F3N2.C4H7BrO2/c1-33(2)26-8-9-34(33,3)31-28(26)30(35(39,40)41)44-45(31)17-23(46)14-20(11-18-12-21(36)16-22(37)13-18)29-24(5-4-10-43-29)19-6-7-27(38)25(15-19)32(42)47;1-5-23-10(22)8-21-13-11(12(20-21)16(17,18)19)9-6-7-15(13,4)14(9,2)3;1-12(2)7-4-5-13(12,3)11-9(7)10(14(15,16)17)18-19(11)6-8(20)21;1-10(2)6-4-5-11(10,3)8-7(6)9(17-16-8)12(13,14)15;1-2-7-4(6)3-5/h4-7,10,12-13,15-16,20,26H,8-9,11,14,17H2,1-3H3,(H2,42,47);9H,5-8H2,1-4H3;7H,4-6H2,1-3H3,(H,20,21);6H,4-5H2,1-3H3,(H,16,17);2-3H2,1H3/t20-,26?,34?;;;;/m1..../s1. The minimum atomic E-state index is -4.71. The highest BCUT2D eigenvalue weighted by Crippen LogP contribution is 2.73. The lowest BCUT2D eigenvalue weighted by Gasteiger charge is -2.35. The van der Waals surface area contributed by atoms with Gasteiger partial charge >= 0.3 is 42.6 Å². The molecule has 1 amide bonds. The van der Waals surface area contributed by atoms with Gasteiger partial charge < -0.3 is 20.3 Å². The van der Waals surface area contributed by atoms with Gasteiger partial charge in [0, 0.05) is 96.9 Å². The Bertz CT molecular complexity index is 4950. The van der Waals surface area contributed by atoms with Crippen molar-refractivity contribution in [2.24, 2.45) is 27.4 Å². The molecule has 4 fully saturated rings. The molecule has 626 valence electrons. The van der Waals surface area contributed by atoms with Gasteiger partial charge in [-0.1, -0.05) is 111 Å². The average Bonchev–Trinajstić information content (AvgIpc) is 1.54. The van der Waals surface area contributed by atoms with E-state index >= 15 is 0 Å². The number of carboxylic acids is 1. The summed E-state index contributed by atoms with van der Waals surface area (Å²) >= 11 is 2.94. The summed E-state index contributed by atoms with van der Waals surface area (Å²) in [6, 6.07) is 9.93. The zero-order valence-corrected chi connectivity index (χ0v) is 67.5. The van der Waals surface area contributed by atoms with Crippen LogP contribution in [0.4, 0.5) is 65.9 Å². The fourth-order valence-electron chi connectivity index (χ4n) is 20.5. The fraction of sp³-hybridized carbons (Fsp3) is 0.580. The van der Waals surface area contributed by atoms with Crippen LogP contribution in [0.3, 0.4) is 0 Å². The van der Waals surface area contributed by atoms with Crippen LogP contribution in [0.2, 0.25) is 0 Å². The third-order valence-electron chi connectivity index (χ3n) is 27.5. The number of ketones is 1. The Morgan fingerprint density at radius 1 is 0.557 bits per heavy atom. The number of amides is 1. The number of nitrogens with one attached hydrogen (secondary N) is 1. The molecular formula is C81H92BrF15N10O8. The molecule has 115 heavy (non-hydrogen) atoms. The molecule has 8 bridgehead atoms. The zero-order chi connectivity index (χ0) is 85.4. The van der Waals surface area contributed by atoms with Crippen LogP contribution in [0, 0.1) is 39.1 Å². The Kier molecular flexibility index (Phi) is 22.8. The van der Waals surface area contributed by atoms with Gasteiger partial charge in [0.15, 0.2) is 28.6 Å². The van der Waals surface area contributed by atoms with Gasteiger partial charge in [-0.15, -0.1) is 0 Å². The Morgan fingerprint density at radius 3 is 1.37 bits per heavy atom. The molecule has 15 rings (SSSR count). The number of Topliss-reactive ketones (excluding diaryl/α,β-unsaturated/α-hetero) is 1. The fourth-order valence-corrected chi connectivity index (χ4v) is 20.7. The predicted octanol–water partition coefficient (Wildman–Crippen LogP) is 19.0. The van der Waals surface area contributed by atoms with E-state index in [1.54, 1.807) is 26.0 Å². The largest absolute Gasteiger partial charge is 0.480 e. The second kappa shape index (κ2) is 30.1. The Balaban J connectivity index is 0.000000159. The molecule has 9 atom stereocenters. The van der Waals surface area contributed by atoms with E-state index in [1.165, 1.54) is 27.7 Å². The summed E-state index contributed by atoms with van der Waals surface area (Å²) in [7, 11) is 0. The molecule has 4 N–H and O–H groups in total. The van der Waals surface area contributed by atoms with Crippen molar-refractivity contribution in [1.82, 2.24) is 44.5 Å². The molecule has 0 spiro atoms. The first-order valence-corrected chi connectivity index (χ1v) is 39.0. The lowest BCUT2D eigenvalue weighted by atomic mass is 9.70. The average molecular weight is 1700 g/mol. The van der Waals surface area contributed by atoms with Crippen molar-refractivity contribution in [1.29, 1.82) is 0 Å². The molecule has 34 heteroatoms. The molecule has 8 aliphatic carbocycles. The van der Waals surface area contributed by atoms with Crippen molar-refractivity contribution < 1.29 is 104 Å². The van der Waals surface area contributed by atoms with E-state index < -0.39 is 129 Å². The predicted molar refractivity (Wildman–Crippen MR) is 393 cm³/mol. The lowest BCUT2D eigenvalue weighted by Crippen LogP contribution is -2.34. The minimum absolute atomic E-state index is 0.0159. The topological polar surface area (TPSA) is 245 Å². The van der Waals surface area contributed by atoms with Crippen LogP contribution >= 0.6 is 15.9 Å². The number of nitrogens with zero attached hydrogens (tertiary/aromatic N) is 8. The molecule has 4 saturated carbocycles. The minimum Gasteiger partial charge on any atom is -0.480 e. The number of nitrogens with two attached hydrogens (primary N) is 1. The number of primary amides is 1. The van der Waals surface area contributed by atoms with Crippen LogP contribution in [-0.4, -0.2) is 97.8 Å². The second-order valence-electron chi connectivity index (χ2n) is 34.3. The van der Waals surface area contributed by atoms with Crippen molar-refractivity contribution >= 4 is 45.5 Å². The van der Waals surface area contributed by atoms with Crippen LogP contribution in [0.1, 0.15) is 274 Å². The summed E-state index contributed by atoms with van der Waals surface area (Å²) in [5.74, 6) is -7.46. The van der Waals surface area contributed by atoms with E-state index in [2.05, 4.69) is 71.9 Å². The van der Waals surface area contributed by atoms with Gasteiger partial charge in [0.05, 0.1) is 31.0 Å². The lowest BCUT2D eigenvalue weighted by molar-refractivity contribution is -0.146. The van der Waals surface area contributed by atoms with Gasteiger partial charge in [0.1, 0.15) is 35.9 Å². The number of ether oxygens (including phenoxy) is 2. The first kappa shape index (κ1) is 87.3. The van der Waals surface area contributed by atoms with Gasteiger partial charge in [-0.25, -0.2) is 13.2 Å². The van der Waals surface area contributed by atoms with Crippen molar-refractivity contribution in [3.8, 4) is 11.1 Å². The highest BCUT2D eigenvalue weighted by atomic mass is 79.9. The number of aromatic amines is 1. The summed E-state index contributed by atoms with van der Waals surface area (Å²) in [4.78, 5) is 63.1. The number of carboxylic acid groups (broad SMARTS) is 1. The van der Waals surface area contributed by atoms with Gasteiger partial charge in [-0.2, -0.15) is 73.1 Å². The van der Waals surface area contributed by atoms with Crippen molar-refractivity contribution in [2.45, 2.75) is 257 Å². The molecular weight excluding hydrogens is 1610 g/mol. The van der Waals surface area contributed by atoms with Gasteiger partial charge in [0.2, 0.25) is 0 Å². The number of carbonyl (C=O) groups is 5. The molecule has 0 radical (unpaired) electrons. The molecule has 7 aromatic rings. The number of esters is 2. The Hall–Kier alpha value is -8.59. The smallest absolute Gasteiger partial charge is 0.435 e. The number of hydrogen-bond donors (Lipinski definition) is 3. The molecule has 5 aromatic heterocycles. The number of H-pyrrole nitrogens is 1. The summed E-state index contributed by atoms with van der Waals surface area (Å²) in [5, 5.41) is 26.7. The molecule has 8 unspecified atom stereocenters. The maximum Gasteiger partial charge on any atom is 0.435 e. The molecule has 18 nitrogen and oxygen atoms in total. The maximum absolute atomic E-state index is 14.3. The number of hydrogen-bond acceptors (Lipinski definition) is 12. The highest BCUT2D eigenvalue weighted by Gasteiger charge is 2.68. The number of carbonyl (C=O) groups excluding carboxylic acids is 4. The summed E-state index contributed by atoms with van der Waals surface area (Å²) in [6.07, 6.45) is -11.0. The van der Waals surface area contributed by atoms with Crippen molar-refractivity contribution in [3.63, 3.8) is 0 Å². The molecule has 0 saturated heterocycles. The van der Waals surface area contributed by atoms with Gasteiger partial charge in [-0.05, 0) is 158 Å². The van der Waals surface area contributed by atoms with E-state index in [9.17, 15) is 89.8 Å². The van der Waals surface area contributed by atoms with Gasteiger partial charge in [0.25, 0.3) is 5.91 Å². The first-order valence-electron chi connectivity index (χ1n) is 37.9. The van der Waals surface area contributed by atoms with Crippen molar-refractivity contribution in [2.75, 3.05) is 18.5 Å². The number of pyridine rings is 1. The van der Waals surface area contributed by atoms with Crippen LogP contribution in [0.5, 0.6) is 0 Å². The normalized spacial score (nSPS) is 24.9. The van der Waals surface area contributed by atoms with E-state index in [0.717, 1.165) is 55.0 Å². The third kappa shape index (κ3) is 14.8. The zero-order valence-electron chi connectivity index (χ0n) is 65.9. The summed E-state index contributed by atoms with van der Waals surface area (Å²) in [6.45, 7) is 26.7. The van der Waals surface area contributed by atoms with E-state index in [1.807, 2.05) is 62.3 Å². The monoisotopic (exact) mass is 1700 g/mol. The quantitative estimate of drug-likeness (QED) is 0.0463. The van der Waals surface area contributed by atoms with E-state index in [0.29, 0.717) is 88.0 Å². The molecule has 5 heterocycles. The van der Waals surface area contributed by atoms with Gasteiger partial charge in [-0.3, -0.25) is 48.1 Å². The van der Waals surface area contributed by atoms with E-state index in [-0.39, 0.29) is 99.5 Å². The molecule has 0 aliphatic heterocycles. The van der Waals surface area contributed by atoms with E-state index in [4.69, 9.17) is 15.6 Å². The number of benzene rings is 2. The van der Waals surface area contributed by atoms with Crippen LogP contribution < -0.4 is 5.73 Å². The second-order valence-corrected chi connectivity index (χ2v) is 34.9. The summed E-state index contributed by atoms with van der Waals surface area (Å²) in [5.41, 5.74) is 3.29. The SMILES string of the molecule is CC12CCC(c3c(C(F)(F)F)n[nH]c31)C2(C)C.CC12CCC(c3c(C(F)(F)F)nn(CC(=O)C[C@@H](Cc4cc(F)cc(F)c4)c4ncccc4-c4ccc(F)c(C(N)=O)c4)c31)C2(C)C.CC12CCC(c3c(C(F)(F)F)nn(CC(=O)O)c31)C2(C)C.CCOC(=O)CBr.CCOC(=O)Cn1nc(C(F)(F)F)c2c1C1(C)CCC2C1(C)C. The number of fused-ring (bicyclic) bond motifs is 20. The van der Waals surface area contributed by atoms with Crippen LogP contribution in [0.15, 0.2) is 54.7 Å². The maximum atomic E-state index is 14.3. The third-order valence-corrected chi connectivity index (χ3v) is 28.0. The number of aliphatic carboxylic acids is 1. The van der Waals surface area contributed by atoms with Crippen molar-refractivity contribution in [3.05, 3.63) is 157 Å². The number of alkyl halides is 13. The number of aromatic nitrogens is 9. The Labute approximate surface area is 662 Å². The number of rotatable bonds is 16. The molecule has 2 aromatic carbocycles. The van der Waals surface area contributed by atoms with Crippen LogP contribution in [0.25, 0.3) is 11.1 Å². The molecule has 8 aliphatic rings. The first-order chi connectivity index (χ1) is 53.0. The van der Waals surface area contributed by atoms with Crippen LogP contribution in [-0.2, 0) is 101 Å². The highest BCUT2D eigenvalue weighted by molar-refractivity contribution is 9.09.